The number of carbonyl (C=O) groups is 2. The standard InChI is InChI=1S/C17H24N2O2/c1-2-5-13-8-10-14(11-9-13)15(18)12-19-16(20)6-3-4-7-17(19)21/h8-11,15H,2-7,12,18H2,1H3. The van der Waals surface area contributed by atoms with Gasteiger partial charge in [-0.05, 0) is 30.4 Å². The molecular weight excluding hydrogens is 264 g/mol. The highest BCUT2D eigenvalue weighted by molar-refractivity contribution is 5.96. The van der Waals surface area contributed by atoms with Gasteiger partial charge in [0.05, 0.1) is 0 Å². The number of likely N-dealkylation sites (tertiary alicyclic amines) is 1. The van der Waals surface area contributed by atoms with Crippen LogP contribution < -0.4 is 5.73 Å². The highest BCUT2D eigenvalue weighted by atomic mass is 16.2. The number of amides is 2. The van der Waals surface area contributed by atoms with Gasteiger partial charge in [0.1, 0.15) is 0 Å². The Morgan fingerprint density at radius 3 is 2.19 bits per heavy atom. The number of benzene rings is 1. The predicted molar refractivity (Wildman–Crippen MR) is 82.6 cm³/mol. The normalized spacial score (nSPS) is 17.7. The molecule has 0 saturated carbocycles. The number of carbonyl (C=O) groups excluding carboxylic acids is 2. The maximum Gasteiger partial charge on any atom is 0.229 e. The summed E-state index contributed by atoms with van der Waals surface area (Å²) in [7, 11) is 0. The Kier molecular flexibility index (Phi) is 5.51. The molecule has 2 rings (SSSR count). The maximum absolute atomic E-state index is 12.0. The van der Waals surface area contributed by atoms with Crippen LogP contribution in [-0.2, 0) is 16.0 Å². The van der Waals surface area contributed by atoms with Crippen LogP contribution in [0, 0.1) is 0 Å². The molecule has 4 nitrogen and oxygen atoms in total. The average Bonchev–Trinajstić information content (AvgIpc) is 2.63. The Morgan fingerprint density at radius 1 is 1.10 bits per heavy atom. The molecule has 0 aromatic heterocycles. The van der Waals surface area contributed by atoms with Crippen LogP contribution in [0.1, 0.15) is 56.2 Å². The summed E-state index contributed by atoms with van der Waals surface area (Å²) in [5.41, 5.74) is 8.44. The van der Waals surface area contributed by atoms with Crippen molar-refractivity contribution in [2.24, 2.45) is 5.73 Å². The fourth-order valence-corrected chi connectivity index (χ4v) is 2.69. The average molecular weight is 288 g/mol. The first-order valence-electron chi connectivity index (χ1n) is 7.79. The van der Waals surface area contributed by atoms with E-state index < -0.39 is 0 Å². The van der Waals surface area contributed by atoms with Crippen LogP contribution >= 0.6 is 0 Å². The zero-order chi connectivity index (χ0) is 15.2. The molecule has 2 N–H and O–H groups in total. The fourth-order valence-electron chi connectivity index (χ4n) is 2.69. The molecule has 0 aliphatic carbocycles. The second kappa shape index (κ2) is 7.36. The van der Waals surface area contributed by atoms with E-state index in [0.717, 1.165) is 31.2 Å². The molecule has 2 amide bonds. The third kappa shape index (κ3) is 4.14. The lowest BCUT2D eigenvalue weighted by Crippen LogP contribution is -2.40. The summed E-state index contributed by atoms with van der Waals surface area (Å²) in [6.45, 7) is 2.43. The summed E-state index contributed by atoms with van der Waals surface area (Å²) >= 11 is 0. The Bertz CT molecular complexity index is 478. The largest absolute Gasteiger partial charge is 0.322 e. The summed E-state index contributed by atoms with van der Waals surface area (Å²) in [6.07, 6.45) is 4.66. The first-order chi connectivity index (χ1) is 10.1. The lowest BCUT2D eigenvalue weighted by atomic mass is 10.0. The van der Waals surface area contributed by atoms with Crippen molar-refractivity contribution in [2.45, 2.75) is 51.5 Å². The molecule has 1 saturated heterocycles. The molecular formula is C17H24N2O2. The number of imide groups is 1. The number of aryl methyl sites for hydroxylation is 1. The number of rotatable bonds is 5. The third-order valence-electron chi connectivity index (χ3n) is 3.96. The van der Waals surface area contributed by atoms with Gasteiger partial charge in [-0.25, -0.2) is 0 Å². The Morgan fingerprint density at radius 2 is 1.67 bits per heavy atom. The topological polar surface area (TPSA) is 63.4 Å². The lowest BCUT2D eigenvalue weighted by Gasteiger charge is -2.23. The maximum atomic E-state index is 12.0. The molecule has 1 atom stereocenters. The van der Waals surface area contributed by atoms with Crippen LogP contribution in [0.3, 0.4) is 0 Å². The molecule has 0 bridgehead atoms. The van der Waals surface area contributed by atoms with Crippen molar-refractivity contribution in [1.82, 2.24) is 4.90 Å². The quantitative estimate of drug-likeness (QED) is 0.847. The molecule has 21 heavy (non-hydrogen) atoms. The molecule has 1 unspecified atom stereocenters. The van der Waals surface area contributed by atoms with E-state index in [2.05, 4.69) is 19.1 Å². The molecule has 1 aromatic rings. The number of nitrogens with two attached hydrogens (primary N) is 1. The van der Waals surface area contributed by atoms with E-state index in [1.807, 2.05) is 12.1 Å². The third-order valence-corrected chi connectivity index (χ3v) is 3.96. The molecule has 1 aromatic carbocycles. The zero-order valence-electron chi connectivity index (χ0n) is 12.7. The van der Waals surface area contributed by atoms with Crippen molar-refractivity contribution in [3.63, 3.8) is 0 Å². The molecule has 1 fully saturated rings. The summed E-state index contributed by atoms with van der Waals surface area (Å²) < 4.78 is 0. The van der Waals surface area contributed by atoms with Crippen LogP contribution in [0.25, 0.3) is 0 Å². The van der Waals surface area contributed by atoms with Gasteiger partial charge >= 0.3 is 0 Å². The highest BCUT2D eigenvalue weighted by Crippen LogP contribution is 2.18. The van der Waals surface area contributed by atoms with Gasteiger partial charge in [0.15, 0.2) is 0 Å². The van der Waals surface area contributed by atoms with Crippen LogP contribution in [0.2, 0.25) is 0 Å². The molecule has 1 aliphatic heterocycles. The van der Waals surface area contributed by atoms with Gasteiger partial charge in [-0.3, -0.25) is 14.5 Å². The molecule has 0 spiro atoms. The van der Waals surface area contributed by atoms with E-state index in [9.17, 15) is 9.59 Å². The number of hydrogen-bond donors (Lipinski definition) is 1. The van der Waals surface area contributed by atoms with Gasteiger partial charge in [-0.1, -0.05) is 37.6 Å². The van der Waals surface area contributed by atoms with E-state index >= 15 is 0 Å². The molecule has 114 valence electrons. The van der Waals surface area contributed by atoms with Crippen molar-refractivity contribution in [2.75, 3.05) is 6.54 Å². The van der Waals surface area contributed by atoms with Crippen LogP contribution in [0.15, 0.2) is 24.3 Å². The van der Waals surface area contributed by atoms with Gasteiger partial charge in [-0.2, -0.15) is 0 Å². The van der Waals surface area contributed by atoms with Gasteiger partial charge < -0.3 is 5.73 Å². The lowest BCUT2D eigenvalue weighted by molar-refractivity contribution is -0.144. The SMILES string of the molecule is CCCc1ccc(C(N)CN2C(=O)CCCCC2=O)cc1. The minimum Gasteiger partial charge on any atom is -0.322 e. The highest BCUT2D eigenvalue weighted by Gasteiger charge is 2.25. The fraction of sp³-hybridized carbons (Fsp3) is 0.529. The first kappa shape index (κ1) is 15.7. The smallest absolute Gasteiger partial charge is 0.229 e. The Balaban J connectivity index is 2.03. The zero-order valence-corrected chi connectivity index (χ0v) is 12.7. The van der Waals surface area contributed by atoms with E-state index in [1.54, 1.807) is 0 Å². The minimum absolute atomic E-state index is 0.0875. The summed E-state index contributed by atoms with van der Waals surface area (Å²) in [6, 6.07) is 7.84. The van der Waals surface area contributed by atoms with Crippen molar-refractivity contribution in [3.8, 4) is 0 Å². The predicted octanol–water partition coefficient (Wildman–Crippen LogP) is 2.57. The molecule has 0 radical (unpaired) electrons. The molecule has 4 heteroatoms. The van der Waals surface area contributed by atoms with Gasteiger partial charge in [0, 0.05) is 25.4 Å². The van der Waals surface area contributed by atoms with Crippen LogP contribution in [0.5, 0.6) is 0 Å². The summed E-state index contributed by atoms with van der Waals surface area (Å²) in [4.78, 5) is 25.3. The van der Waals surface area contributed by atoms with Crippen molar-refractivity contribution in [1.29, 1.82) is 0 Å². The Labute approximate surface area is 126 Å². The molecule has 1 aliphatic rings. The van der Waals surface area contributed by atoms with E-state index in [0.29, 0.717) is 12.8 Å². The van der Waals surface area contributed by atoms with Crippen molar-refractivity contribution in [3.05, 3.63) is 35.4 Å². The number of hydrogen-bond acceptors (Lipinski definition) is 3. The first-order valence-corrected chi connectivity index (χ1v) is 7.79. The molecule has 1 heterocycles. The van der Waals surface area contributed by atoms with E-state index in [4.69, 9.17) is 5.73 Å². The second-order valence-electron chi connectivity index (χ2n) is 5.70. The number of nitrogens with zero attached hydrogens (tertiary/aromatic N) is 1. The van der Waals surface area contributed by atoms with Gasteiger partial charge in [0.25, 0.3) is 0 Å². The monoisotopic (exact) mass is 288 g/mol. The second-order valence-corrected chi connectivity index (χ2v) is 5.70. The van der Waals surface area contributed by atoms with Crippen LogP contribution in [-0.4, -0.2) is 23.3 Å². The summed E-state index contributed by atoms with van der Waals surface area (Å²) in [5, 5.41) is 0. The van der Waals surface area contributed by atoms with E-state index in [1.165, 1.54) is 10.5 Å². The van der Waals surface area contributed by atoms with Crippen LogP contribution in [0.4, 0.5) is 0 Å². The summed E-state index contributed by atoms with van der Waals surface area (Å²) in [5.74, 6) is -0.175. The van der Waals surface area contributed by atoms with E-state index in [-0.39, 0.29) is 24.4 Å². The minimum atomic E-state index is -0.313. The Hall–Kier alpha value is -1.68. The van der Waals surface area contributed by atoms with Gasteiger partial charge in [0.2, 0.25) is 11.8 Å². The van der Waals surface area contributed by atoms with Crippen molar-refractivity contribution >= 4 is 11.8 Å². The van der Waals surface area contributed by atoms with Gasteiger partial charge in [-0.15, -0.1) is 0 Å². The van der Waals surface area contributed by atoms with Crippen molar-refractivity contribution < 1.29 is 9.59 Å².